The Bertz CT molecular complexity index is 1090. The van der Waals surface area contributed by atoms with Crippen molar-refractivity contribution >= 4 is 50.7 Å². The molecule has 0 spiro atoms. The van der Waals surface area contributed by atoms with Crippen molar-refractivity contribution in [1.29, 1.82) is 0 Å². The second kappa shape index (κ2) is 13.7. The molecule has 0 heterocycles. The Morgan fingerprint density at radius 3 is 2.29 bits per heavy atom. The first kappa shape index (κ1) is 28.9. The largest absolute Gasteiger partial charge is 0.354 e. The van der Waals surface area contributed by atoms with Crippen molar-refractivity contribution in [2.45, 2.75) is 52.1 Å². The fourth-order valence-electron chi connectivity index (χ4n) is 3.71. The molecule has 1 N–H and O–H groups in total. The molecule has 0 saturated heterocycles. The number of carbonyl (C=O) groups is 2. The molecule has 2 amide bonds. The average molecular weight is 543 g/mol. The summed E-state index contributed by atoms with van der Waals surface area (Å²) in [6.07, 6.45) is 2.72. The van der Waals surface area contributed by atoms with Gasteiger partial charge in [0.05, 0.1) is 11.9 Å². The Kier molecular flexibility index (Phi) is 11.3. The third kappa shape index (κ3) is 9.02. The van der Waals surface area contributed by atoms with Crippen LogP contribution in [-0.4, -0.2) is 50.5 Å². The lowest BCUT2D eigenvalue weighted by atomic mass is 10.1. The van der Waals surface area contributed by atoms with Crippen LogP contribution in [0.15, 0.2) is 48.5 Å². The minimum atomic E-state index is -3.58. The molecule has 0 aliphatic heterocycles. The number of hydrogen-bond acceptors (Lipinski definition) is 4. The predicted octanol–water partition coefficient (Wildman–Crippen LogP) is 4.87. The van der Waals surface area contributed by atoms with Crippen LogP contribution in [0.5, 0.6) is 0 Å². The monoisotopic (exact) mass is 541 g/mol. The summed E-state index contributed by atoms with van der Waals surface area (Å²) in [5.41, 5.74) is 1.29. The van der Waals surface area contributed by atoms with Gasteiger partial charge in [-0.3, -0.25) is 13.9 Å². The smallest absolute Gasteiger partial charge is 0.242 e. The molecule has 7 nitrogen and oxygen atoms in total. The van der Waals surface area contributed by atoms with E-state index in [-0.39, 0.29) is 37.7 Å². The summed E-state index contributed by atoms with van der Waals surface area (Å²) in [5.74, 6) is -0.425. The summed E-state index contributed by atoms with van der Waals surface area (Å²) < 4.78 is 26.0. The van der Waals surface area contributed by atoms with Crippen LogP contribution in [0.3, 0.4) is 0 Å². The molecule has 0 radical (unpaired) electrons. The van der Waals surface area contributed by atoms with Crippen LogP contribution in [0.4, 0.5) is 5.69 Å². The summed E-state index contributed by atoms with van der Waals surface area (Å²) in [5, 5.41) is 3.89. The van der Waals surface area contributed by atoms with Gasteiger partial charge in [0.1, 0.15) is 6.04 Å². The summed E-state index contributed by atoms with van der Waals surface area (Å²) in [6.45, 7) is 4.71. The summed E-state index contributed by atoms with van der Waals surface area (Å²) in [4.78, 5) is 27.7. The van der Waals surface area contributed by atoms with E-state index in [0.717, 1.165) is 18.2 Å². The van der Waals surface area contributed by atoms with Gasteiger partial charge in [0.25, 0.3) is 0 Å². The fraction of sp³-hybridized carbons (Fsp3) is 0.440. The van der Waals surface area contributed by atoms with Crippen molar-refractivity contribution < 1.29 is 18.0 Å². The Balaban J connectivity index is 2.19. The molecule has 2 aromatic rings. The van der Waals surface area contributed by atoms with Gasteiger partial charge < -0.3 is 10.2 Å². The number of hydrogen-bond donors (Lipinski definition) is 1. The Hall–Kier alpha value is -2.29. The van der Waals surface area contributed by atoms with E-state index in [2.05, 4.69) is 5.32 Å². The summed E-state index contributed by atoms with van der Waals surface area (Å²) in [7, 11) is -3.58. The highest BCUT2D eigenvalue weighted by Crippen LogP contribution is 2.23. The van der Waals surface area contributed by atoms with Gasteiger partial charge >= 0.3 is 0 Å². The number of anilines is 1. The minimum Gasteiger partial charge on any atom is -0.354 e. The molecular formula is C25H33Cl2N3O4S. The SMILES string of the molecule is CCCNC(=O)[C@@H](CC)N(Cc1ccc(Cl)cc1)C(=O)CCCN(c1cccc(Cl)c1)S(C)(=O)=O. The van der Waals surface area contributed by atoms with Crippen LogP contribution in [0.25, 0.3) is 0 Å². The molecule has 2 rings (SSSR count). The van der Waals surface area contributed by atoms with Crippen molar-refractivity contribution in [2.24, 2.45) is 0 Å². The Morgan fingerprint density at radius 1 is 1.03 bits per heavy atom. The van der Waals surface area contributed by atoms with E-state index in [9.17, 15) is 18.0 Å². The topological polar surface area (TPSA) is 86.8 Å². The van der Waals surface area contributed by atoms with Crippen LogP contribution in [0.2, 0.25) is 10.0 Å². The zero-order valence-corrected chi connectivity index (χ0v) is 22.7. The van der Waals surface area contributed by atoms with E-state index >= 15 is 0 Å². The van der Waals surface area contributed by atoms with Gasteiger partial charge in [0.15, 0.2) is 0 Å². The quantitative estimate of drug-likeness (QED) is 0.391. The van der Waals surface area contributed by atoms with Gasteiger partial charge in [-0.25, -0.2) is 8.42 Å². The Labute approximate surface area is 218 Å². The molecule has 0 fully saturated rings. The van der Waals surface area contributed by atoms with Crippen molar-refractivity contribution in [2.75, 3.05) is 23.7 Å². The molecule has 0 bridgehead atoms. The van der Waals surface area contributed by atoms with E-state index in [0.29, 0.717) is 28.7 Å². The number of halogens is 2. The lowest BCUT2D eigenvalue weighted by Gasteiger charge is -2.31. The molecule has 0 unspecified atom stereocenters. The van der Waals surface area contributed by atoms with Crippen LogP contribution < -0.4 is 9.62 Å². The number of nitrogens with one attached hydrogen (secondary N) is 1. The number of sulfonamides is 1. The van der Waals surface area contributed by atoms with E-state index in [1.165, 1.54) is 4.31 Å². The third-order valence-electron chi connectivity index (χ3n) is 5.45. The molecule has 0 aromatic heterocycles. The van der Waals surface area contributed by atoms with Crippen molar-refractivity contribution in [1.82, 2.24) is 10.2 Å². The van der Waals surface area contributed by atoms with Gasteiger partial charge in [-0.1, -0.05) is 55.2 Å². The molecule has 192 valence electrons. The highest BCUT2D eigenvalue weighted by atomic mass is 35.5. The molecule has 0 saturated carbocycles. The molecular weight excluding hydrogens is 509 g/mol. The van der Waals surface area contributed by atoms with Crippen molar-refractivity contribution in [3.05, 3.63) is 64.1 Å². The molecule has 2 aromatic carbocycles. The highest BCUT2D eigenvalue weighted by Gasteiger charge is 2.28. The molecule has 10 heteroatoms. The molecule has 35 heavy (non-hydrogen) atoms. The van der Waals surface area contributed by atoms with Crippen molar-refractivity contribution in [3.63, 3.8) is 0 Å². The molecule has 1 atom stereocenters. The lowest BCUT2D eigenvalue weighted by molar-refractivity contribution is -0.141. The normalized spacial score (nSPS) is 12.1. The van der Waals surface area contributed by atoms with Gasteiger partial charge in [-0.15, -0.1) is 0 Å². The first-order valence-electron chi connectivity index (χ1n) is 11.6. The number of amides is 2. The van der Waals surface area contributed by atoms with Gasteiger partial charge in [0.2, 0.25) is 21.8 Å². The minimum absolute atomic E-state index is 0.0811. The van der Waals surface area contributed by atoms with Crippen LogP contribution in [0, 0.1) is 0 Å². The predicted molar refractivity (Wildman–Crippen MR) is 142 cm³/mol. The number of nitrogens with zero attached hydrogens (tertiary/aromatic N) is 2. The first-order chi connectivity index (χ1) is 16.6. The standard InChI is InChI=1S/C25H33Cl2N3O4S/c1-4-15-28-25(32)23(5-2)29(18-19-11-13-20(26)14-12-19)24(31)10-7-16-30(35(3,33)34)22-9-6-8-21(27)17-22/h6,8-9,11-14,17,23H,4-5,7,10,15-16,18H2,1-3H3,(H,28,32)/t23-/m1/s1. The van der Waals surface area contributed by atoms with Crippen LogP contribution in [-0.2, 0) is 26.2 Å². The van der Waals surface area contributed by atoms with Crippen molar-refractivity contribution in [3.8, 4) is 0 Å². The van der Waals surface area contributed by atoms with Gasteiger partial charge in [-0.2, -0.15) is 0 Å². The van der Waals surface area contributed by atoms with E-state index in [4.69, 9.17) is 23.2 Å². The maximum absolute atomic E-state index is 13.3. The number of carbonyl (C=O) groups excluding carboxylic acids is 2. The third-order valence-corrected chi connectivity index (χ3v) is 7.13. The number of rotatable bonds is 13. The zero-order valence-electron chi connectivity index (χ0n) is 20.3. The second-order valence-electron chi connectivity index (χ2n) is 8.28. The van der Waals surface area contributed by atoms with Crippen LogP contribution in [0.1, 0.15) is 45.1 Å². The maximum atomic E-state index is 13.3. The van der Waals surface area contributed by atoms with Gasteiger partial charge in [0, 0.05) is 36.1 Å². The first-order valence-corrected chi connectivity index (χ1v) is 14.2. The van der Waals surface area contributed by atoms with Crippen LogP contribution >= 0.6 is 23.2 Å². The van der Waals surface area contributed by atoms with E-state index in [1.807, 2.05) is 26.0 Å². The highest BCUT2D eigenvalue weighted by molar-refractivity contribution is 7.92. The van der Waals surface area contributed by atoms with E-state index < -0.39 is 16.1 Å². The maximum Gasteiger partial charge on any atom is 0.242 e. The average Bonchev–Trinajstić information content (AvgIpc) is 2.80. The summed E-state index contributed by atoms with van der Waals surface area (Å²) in [6, 6.07) is 13.1. The fourth-order valence-corrected chi connectivity index (χ4v) is 4.97. The summed E-state index contributed by atoms with van der Waals surface area (Å²) >= 11 is 12.0. The lowest BCUT2D eigenvalue weighted by Crippen LogP contribution is -2.49. The molecule has 0 aliphatic rings. The number of benzene rings is 2. The second-order valence-corrected chi connectivity index (χ2v) is 11.1. The zero-order chi connectivity index (χ0) is 26.0. The van der Waals surface area contributed by atoms with Gasteiger partial charge in [-0.05, 0) is 55.2 Å². The Morgan fingerprint density at radius 2 is 1.71 bits per heavy atom. The molecule has 0 aliphatic carbocycles. The van der Waals surface area contributed by atoms with E-state index in [1.54, 1.807) is 41.3 Å².